The van der Waals surface area contributed by atoms with Gasteiger partial charge in [0.1, 0.15) is 18.2 Å². The Balaban J connectivity index is 1.52. The Hall–Kier alpha value is -4.13. The second kappa shape index (κ2) is 9.34. The maximum Gasteiger partial charge on any atom is 0.358 e. The highest BCUT2D eigenvalue weighted by Crippen LogP contribution is 2.30. The van der Waals surface area contributed by atoms with Gasteiger partial charge in [0.05, 0.1) is 19.5 Å². The smallest absolute Gasteiger partial charge is 0.358 e. The molecule has 0 saturated heterocycles. The lowest BCUT2D eigenvalue weighted by molar-refractivity contribution is 0.0593. The minimum atomic E-state index is -0.521. The second-order valence-electron chi connectivity index (χ2n) is 7.41. The van der Waals surface area contributed by atoms with Gasteiger partial charge in [0.25, 0.3) is 0 Å². The average Bonchev–Trinajstić information content (AvgIpc) is 2.99. The summed E-state index contributed by atoms with van der Waals surface area (Å²) in [7, 11) is 1.31. The molecule has 2 aromatic carbocycles. The van der Waals surface area contributed by atoms with Crippen LogP contribution >= 0.6 is 0 Å². The first kappa shape index (κ1) is 21.1. The molecule has 3 N–H and O–H groups in total. The highest BCUT2D eigenvalue weighted by atomic mass is 16.5. The number of rotatable bonds is 6. The fourth-order valence-electron chi connectivity index (χ4n) is 3.41. The van der Waals surface area contributed by atoms with E-state index >= 15 is 0 Å². The van der Waals surface area contributed by atoms with Crippen LogP contribution in [-0.4, -0.2) is 29.7 Å². The summed E-state index contributed by atoms with van der Waals surface area (Å²) >= 11 is 0. The van der Waals surface area contributed by atoms with Crippen molar-refractivity contribution in [1.82, 2.24) is 9.97 Å². The molecule has 3 aromatic rings. The molecule has 0 aliphatic heterocycles. The number of fused-ring (bicyclic) bond motifs is 1. The molecule has 0 atom stereocenters. The molecule has 162 valence electrons. The third kappa shape index (κ3) is 4.62. The van der Waals surface area contributed by atoms with Gasteiger partial charge < -0.3 is 20.5 Å². The number of nitrogens with two attached hydrogens (primary N) is 1. The minimum absolute atomic E-state index is 0.159. The van der Waals surface area contributed by atoms with Gasteiger partial charge in [-0.1, -0.05) is 36.4 Å². The molecule has 0 amide bonds. The van der Waals surface area contributed by atoms with Gasteiger partial charge in [0.15, 0.2) is 5.69 Å². The van der Waals surface area contributed by atoms with E-state index in [2.05, 4.69) is 39.1 Å². The lowest BCUT2D eigenvalue weighted by Crippen LogP contribution is -2.08. The van der Waals surface area contributed by atoms with Crippen LogP contribution in [-0.2, 0) is 4.74 Å². The minimum Gasteiger partial charge on any atom is -0.488 e. The van der Waals surface area contributed by atoms with Gasteiger partial charge in [-0.25, -0.2) is 14.8 Å². The van der Waals surface area contributed by atoms with E-state index in [1.807, 2.05) is 42.5 Å². The molecule has 0 saturated carbocycles. The van der Waals surface area contributed by atoms with E-state index in [-0.39, 0.29) is 5.69 Å². The van der Waals surface area contributed by atoms with Crippen LogP contribution in [0.5, 0.6) is 5.75 Å². The first-order valence-electron chi connectivity index (χ1n) is 10.2. The van der Waals surface area contributed by atoms with E-state index in [1.54, 1.807) is 0 Å². The van der Waals surface area contributed by atoms with Gasteiger partial charge in [0.2, 0.25) is 0 Å². The van der Waals surface area contributed by atoms with E-state index < -0.39 is 5.97 Å². The standard InChI is InChI=1S/C25H24N4O3/c1-16-6-5-7-17(12-21(16)29-24-14-27-22(13-28-24)25(30)31-2)15-32-23-11-10-20(26)18-8-3-4-9-19(18)23/h3-5,7-14H,6,15,26H2,1-2H3,(H,28,29). The van der Waals surface area contributed by atoms with Gasteiger partial charge in [-0.15, -0.1) is 0 Å². The average molecular weight is 428 g/mol. The molecular formula is C25H24N4O3. The van der Waals surface area contributed by atoms with Crippen molar-refractivity contribution in [1.29, 1.82) is 0 Å². The van der Waals surface area contributed by atoms with E-state index in [0.29, 0.717) is 12.4 Å². The molecule has 0 fully saturated rings. The molecule has 7 nitrogen and oxygen atoms in total. The molecule has 1 aliphatic rings. The summed E-state index contributed by atoms with van der Waals surface area (Å²) < 4.78 is 10.8. The largest absolute Gasteiger partial charge is 0.488 e. The van der Waals surface area contributed by atoms with Crippen molar-refractivity contribution >= 4 is 28.2 Å². The first-order valence-corrected chi connectivity index (χ1v) is 10.2. The first-order chi connectivity index (χ1) is 15.5. The molecule has 0 radical (unpaired) electrons. The van der Waals surface area contributed by atoms with Crippen LogP contribution in [0.2, 0.25) is 0 Å². The quantitative estimate of drug-likeness (QED) is 0.435. The molecule has 32 heavy (non-hydrogen) atoms. The van der Waals surface area contributed by atoms with Crippen LogP contribution in [0.1, 0.15) is 23.8 Å². The van der Waals surface area contributed by atoms with Crippen molar-refractivity contribution in [3.05, 3.63) is 89.6 Å². The van der Waals surface area contributed by atoms with Crippen molar-refractivity contribution in [3.63, 3.8) is 0 Å². The Labute approximate surface area is 186 Å². The molecule has 1 aliphatic carbocycles. The highest BCUT2D eigenvalue weighted by Gasteiger charge is 2.11. The molecule has 4 rings (SSSR count). The SMILES string of the molecule is COC(=O)c1cnc(NC2=C(C)CC=CC(COc3ccc(N)c4ccccc34)=C2)cn1. The number of aromatic nitrogens is 2. The van der Waals surface area contributed by atoms with Crippen LogP contribution < -0.4 is 15.8 Å². The molecule has 0 spiro atoms. The third-order valence-electron chi connectivity index (χ3n) is 5.17. The highest BCUT2D eigenvalue weighted by molar-refractivity contribution is 5.97. The summed E-state index contributed by atoms with van der Waals surface area (Å²) in [5.41, 5.74) is 10.0. The Morgan fingerprint density at radius 1 is 1.12 bits per heavy atom. The van der Waals surface area contributed by atoms with Crippen molar-refractivity contribution in [2.75, 3.05) is 24.8 Å². The fourth-order valence-corrected chi connectivity index (χ4v) is 3.41. The van der Waals surface area contributed by atoms with Gasteiger partial charge in [-0.2, -0.15) is 0 Å². The van der Waals surface area contributed by atoms with Crippen LogP contribution in [0.4, 0.5) is 11.5 Å². The number of esters is 1. The van der Waals surface area contributed by atoms with Crippen molar-refractivity contribution in [2.24, 2.45) is 0 Å². The number of carbonyl (C=O) groups excluding carboxylic acids is 1. The van der Waals surface area contributed by atoms with Gasteiger partial charge in [-0.05, 0) is 42.7 Å². The Morgan fingerprint density at radius 3 is 2.69 bits per heavy atom. The summed E-state index contributed by atoms with van der Waals surface area (Å²) in [5.74, 6) is 0.801. The summed E-state index contributed by atoms with van der Waals surface area (Å²) in [6.45, 7) is 2.45. The number of hydrogen-bond donors (Lipinski definition) is 2. The second-order valence-corrected chi connectivity index (χ2v) is 7.41. The number of hydrogen-bond acceptors (Lipinski definition) is 7. The number of anilines is 2. The number of nitrogen functional groups attached to an aromatic ring is 1. The number of methoxy groups -OCH3 is 1. The molecule has 1 aromatic heterocycles. The fraction of sp³-hybridized carbons (Fsp3) is 0.160. The number of benzene rings is 2. The van der Waals surface area contributed by atoms with Crippen LogP contribution in [0.15, 0.2) is 83.9 Å². The van der Waals surface area contributed by atoms with Crippen molar-refractivity contribution < 1.29 is 14.3 Å². The molecule has 0 unspecified atom stereocenters. The summed E-state index contributed by atoms with van der Waals surface area (Å²) in [5, 5.41) is 5.24. The lowest BCUT2D eigenvalue weighted by atomic mass is 10.1. The van der Waals surface area contributed by atoms with Crippen molar-refractivity contribution in [2.45, 2.75) is 13.3 Å². The van der Waals surface area contributed by atoms with E-state index in [9.17, 15) is 4.79 Å². The van der Waals surface area contributed by atoms with Gasteiger partial charge in [0, 0.05) is 22.2 Å². The summed E-state index contributed by atoms with van der Waals surface area (Å²) in [6.07, 6.45) is 9.89. The third-order valence-corrected chi connectivity index (χ3v) is 5.17. The normalized spacial score (nSPS) is 13.5. The number of carbonyl (C=O) groups is 1. The van der Waals surface area contributed by atoms with Crippen LogP contribution in [0, 0.1) is 0 Å². The summed E-state index contributed by atoms with van der Waals surface area (Å²) in [4.78, 5) is 19.9. The number of nitrogens with one attached hydrogen (secondary N) is 1. The molecule has 7 heteroatoms. The zero-order chi connectivity index (χ0) is 22.5. The van der Waals surface area contributed by atoms with E-state index in [0.717, 1.165) is 45.5 Å². The predicted octanol–water partition coefficient (Wildman–Crippen LogP) is 4.65. The number of ether oxygens (including phenoxy) is 2. The molecule has 0 bridgehead atoms. The van der Waals surface area contributed by atoms with E-state index in [1.165, 1.54) is 19.5 Å². The van der Waals surface area contributed by atoms with E-state index in [4.69, 9.17) is 10.5 Å². The Bertz CT molecular complexity index is 1240. The van der Waals surface area contributed by atoms with Crippen LogP contribution in [0.25, 0.3) is 10.8 Å². The molecular weight excluding hydrogens is 404 g/mol. The van der Waals surface area contributed by atoms with Gasteiger partial charge in [-0.3, -0.25) is 0 Å². The van der Waals surface area contributed by atoms with Crippen LogP contribution in [0.3, 0.4) is 0 Å². The monoisotopic (exact) mass is 428 g/mol. The summed E-state index contributed by atoms with van der Waals surface area (Å²) in [6, 6.07) is 11.7. The molecule has 1 heterocycles. The lowest BCUT2D eigenvalue weighted by Gasteiger charge is -2.13. The number of allylic oxidation sites excluding steroid dienone is 3. The Kier molecular flexibility index (Phi) is 6.17. The zero-order valence-corrected chi connectivity index (χ0v) is 18.0. The van der Waals surface area contributed by atoms with Gasteiger partial charge >= 0.3 is 5.97 Å². The number of nitrogens with zero attached hydrogens (tertiary/aromatic N) is 2. The topological polar surface area (TPSA) is 99.4 Å². The van der Waals surface area contributed by atoms with Crippen molar-refractivity contribution in [3.8, 4) is 5.75 Å². The predicted molar refractivity (Wildman–Crippen MR) is 125 cm³/mol. The Morgan fingerprint density at radius 2 is 1.94 bits per heavy atom. The maximum absolute atomic E-state index is 11.6. The zero-order valence-electron chi connectivity index (χ0n) is 18.0. The maximum atomic E-state index is 11.6.